The van der Waals surface area contributed by atoms with Crippen LogP contribution in [0.25, 0.3) is 0 Å². The molecule has 0 radical (unpaired) electrons. The Morgan fingerprint density at radius 3 is 2.69 bits per heavy atom. The van der Waals surface area contributed by atoms with Gasteiger partial charge in [0.1, 0.15) is 4.60 Å². The average molecular weight is 285 g/mol. The second-order valence-corrected chi connectivity index (χ2v) is 5.09. The lowest BCUT2D eigenvalue weighted by Crippen LogP contribution is -2.21. The number of halogens is 1. The summed E-state index contributed by atoms with van der Waals surface area (Å²) in [6.07, 6.45) is 5.40. The Bertz CT molecular complexity index is 315. The van der Waals surface area contributed by atoms with Crippen molar-refractivity contribution in [2.45, 2.75) is 46.1 Å². The van der Waals surface area contributed by atoms with Crippen LogP contribution in [0.1, 0.15) is 40.0 Å². The monoisotopic (exact) mass is 284 g/mol. The molecule has 0 saturated carbocycles. The molecule has 2 atom stereocenters. The molecule has 1 N–H and O–H groups in total. The van der Waals surface area contributed by atoms with E-state index in [-0.39, 0.29) is 0 Å². The van der Waals surface area contributed by atoms with Gasteiger partial charge in [0.15, 0.2) is 0 Å². The molecule has 0 aliphatic heterocycles. The smallest absolute Gasteiger partial charge is 0.129 e. The first kappa shape index (κ1) is 13.5. The van der Waals surface area contributed by atoms with Crippen LogP contribution in [0.5, 0.6) is 0 Å². The number of hydrogen-bond donors (Lipinski definition) is 1. The number of anilines is 1. The first-order valence-corrected chi connectivity index (χ1v) is 6.83. The molecule has 1 aromatic heterocycles. The Morgan fingerprint density at radius 1 is 1.38 bits per heavy atom. The molecule has 0 aliphatic rings. The van der Waals surface area contributed by atoms with E-state index in [0.717, 1.165) is 22.6 Å². The fourth-order valence-electron chi connectivity index (χ4n) is 1.69. The molecule has 90 valence electrons. The maximum absolute atomic E-state index is 4.22. The van der Waals surface area contributed by atoms with Gasteiger partial charge in [0.2, 0.25) is 0 Å². The standard InChI is InChI=1S/C13H21BrN2/c1-4-10(3)9-11(5-2)16-12-7-6-8-15-13(12)14/h6-8,10-11,16H,4-5,9H2,1-3H3. The number of nitrogens with zero attached hydrogens (tertiary/aromatic N) is 1. The van der Waals surface area contributed by atoms with Crippen molar-refractivity contribution in [3.63, 3.8) is 0 Å². The summed E-state index contributed by atoms with van der Waals surface area (Å²) >= 11 is 3.46. The average Bonchev–Trinajstić information content (AvgIpc) is 2.30. The Labute approximate surface area is 107 Å². The van der Waals surface area contributed by atoms with Crippen LogP contribution in [0.15, 0.2) is 22.9 Å². The van der Waals surface area contributed by atoms with Crippen molar-refractivity contribution in [2.75, 3.05) is 5.32 Å². The van der Waals surface area contributed by atoms with Crippen LogP contribution in [0.4, 0.5) is 5.69 Å². The van der Waals surface area contributed by atoms with Crippen LogP contribution in [0, 0.1) is 5.92 Å². The van der Waals surface area contributed by atoms with Gasteiger partial charge in [-0.25, -0.2) is 4.98 Å². The number of rotatable bonds is 6. The maximum atomic E-state index is 4.22. The molecular formula is C13H21BrN2. The molecule has 2 unspecified atom stereocenters. The summed E-state index contributed by atoms with van der Waals surface area (Å²) < 4.78 is 0.901. The Balaban J connectivity index is 2.60. The third-order valence-electron chi connectivity index (χ3n) is 3.00. The lowest BCUT2D eigenvalue weighted by Gasteiger charge is -2.21. The molecule has 1 rings (SSSR count). The fourth-order valence-corrected chi connectivity index (χ4v) is 2.06. The zero-order valence-electron chi connectivity index (χ0n) is 10.3. The largest absolute Gasteiger partial charge is 0.380 e. The van der Waals surface area contributed by atoms with E-state index in [1.165, 1.54) is 12.8 Å². The molecule has 0 fully saturated rings. The van der Waals surface area contributed by atoms with Crippen LogP contribution < -0.4 is 5.32 Å². The van der Waals surface area contributed by atoms with E-state index in [0.29, 0.717) is 6.04 Å². The van der Waals surface area contributed by atoms with Gasteiger partial charge < -0.3 is 5.32 Å². The van der Waals surface area contributed by atoms with Crippen LogP contribution >= 0.6 is 15.9 Å². The number of hydrogen-bond acceptors (Lipinski definition) is 2. The fraction of sp³-hybridized carbons (Fsp3) is 0.615. The van der Waals surface area contributed by atoms with Crippen molar-refractivity contribution in [3.8, 4) is 0 Å². The van der Waals surface area contributed by atoms with Crippen LogP contribution in [0.3, 0.4) is 0 Å². The van der Waals surface area contributed by atoms with Gasteiger partial charge in [0.05, 0.1) is 5.69 Å². The predicted octanol–water partition coefficient (Wildman–Crippen LogP) is 4.47. The maximum Gasteiger partial charge on any atom is 0.129 e. The summed E-state index contributed by atoms with van der Waals surface area (Å²) in [6.45, 7) is 6.78. The topological polar surface area (TPSA) is 24.9 Å². The number of nitrogens with one attached hydrogen (secondary N) is 1. The van der Waals surface area contributed by atoms with Crippen molar-refractivity contribution < 1.29 is 0 Å². The Kier molecular flexibility index (Phi) is 5.81. The minimum Gasteiger partial charge on any atom is -0.380 e. The number of pyridine rings is 1. The van der Waals surface area contributed by atoms with Gasteiger partial charge in [-0.3, -0.25) is 0 Å². The molecule has 0 amide bonds. The molecule has 1 heterocycles. The van der Waals surface area contributed by atoms with Crippen molar-refractivity contribution in [2.24, 2.45) is 5.92 Å². The SMILES string of the molecule is CCC(C)CC(CC)Nc1cccnc1Br. The lowest BCUT2D eigenvalue weighted by atomic mass is 9.98. The van der Waals surface area contributed by atoms with Crippen molar-refractivity contribution in [1.82, 2.24) is 4.98 Å². The summed E-state index contributed by atoms with van der Waals surface area (Å²) in [5, 5.41) is 3.55. The Hall–Kier alpha value is -0.570. The van der Waals surface area contributed by atoms with E-state index >= 15 is 0 Å². The second kappa shape index (κ2) is 6.89. The first-order valence-electron chi connectivity index (χ1n) is 6.04. The normalized spacial score (nSPS) is 14.5. The van der Waals surface area contributed by atoms with E-state index < -0.39 is 0 Å². The summed E-state index contributed by atoms with van der Waals surface area (Å²) in [5.41, 5.74) is 1.10. The van der Waals surface area contributed by atoms with Gasteiger partial charge >= 0.3 is 0 Å². The zero-order valence-corrected chi connectivity index (χ0v) is 11.9. The van der Waals surface area contributed by atoms with E-state index in [1.807, 2.05) is 6.07 Å². The third kappa shape index (κ3) is 4.12. The molecule has 0 bridgehead atoms. The van der Waals surface area contributed by atoms with E-state index in [1.54, 1.807) is 6.20 Å². The summed E-state index contributed by atoms with van der Waals surface area (Å²) in [6, 6.07) is 4.56. The van der Waals surface area contributed by atoms with Crippen LogP contribution in [-0.4, -0.2) is 11.0 Å². The lowest BCUT2D eigenvalue weighted by molar-refractivity contribution is 0.461. The molecule has 0 aromatic carbocycles. The third-order valence-corrected chi connectivity index (χ3v) is 3.63. The van der Waals surface area contributed by atoms with Gasteiger partial charge in [0, 0.05) is 12.2 Å². The molecule has 0 spiro atoms. The van der Waals surface area contributed by atoms with Crippen LogP contribution in [0.2, 0.25) is 0 Å². The minimum absolute atomic E-state index is 0.537. The van der Waals surface area contributed by atoms with E-state index in [2.05, 4.69) is 53.1 Å². The number of aromatic nitrogens is 1. The quantitative estimate of drug-likeness (QED) is 0.780. The highest BCUT2D eigenvalue weighted by atomic mass is 79.9. The Morgan fingerprint density at radius 2 is 2.12 bits per heavy atom. The minimum atomic E-state index is 0.537. The molecule has 1 aromatic rings. The second-order valence-electron chi connectivity index (χ2n) is 4.34. The van der Waals surface area contributed by atoms with Crippen molar-refractivity contribution in [3.05, 3.63) is 22.9 Å². The van der Waals surface area contributed by atoms with Gasteiger partial charge in [0.25, 0.3) is 0 Å². The highest BCUT2D eigenvalue weighted by Crippen LogP contribution is 2.22. The zero-order chi connectivity index (χ0) is 12.0. The van der Waals surface area contributed by atoms with Crippen LogP contribution in [-0.2, 0) is 0 Å². The molecule has 0 saturated heterocycles. The molecule has 0 aliphatic carbocycles. The summed E-state index contributed by atoms with van der Waals surface area (Å²) in [5.74, 6) is 0.771. The van der Waals surface area contributed by atoms with Gasteiger partial charge in [-0.2, -0.15) is 0 Å². The van der Waals surface area contributed by atoms with Gasteiger partial charge in [-0.05, 0) is 46.8 Å². The molecular weight excluding hydrogens is 264 g/mol. The predicted molar refractivity (Wildman–Crippen MR) is 73.7 cm³/mol. The molecule has 3 heteroatoms. The highest BCUT2D eigenvalue weighted by molar-refractivity contribution is 9.10. The van der Waals surface area contributed by atoms with Crippen molar-refractivity contribution in [1.29, 1.82) is 0 Å². The first-order chi connectivity index (χ1) is 7.67. The van der Waals surface area contributed by atoms with E-state index in [4.69, 9.17) is 0 Å². The summed E-state index contributed by atoms with van der Waals surface area (Å²) in [4.78, 5) is 4.22. The summed E-state index contributed by atoms with van der Waals surface area (Å²) in [7, 11) is 0. The molecule has 2 nitrogen and oxygen atoms in total. The van der Waals surface area contributed by atoms with E-state index in [9.17, 15) is 0 Å². The highest BCUT2D eigenvalue weighted by Gasteiger charge is 2.11. The molecule has 16 heavy (non-hydrogen) atoms. The van der Waals surface area contributed by atoms with Crippen molar-refractivity contribution >= 4 is 21.6 Å². The van der Waals surface area contributed by atoms with Gasteiger partial charge in [-0.1, -0.05) is 27.2 Å². The van der Waals surface area contributed by atoms with Gasteiger partial charge in [-0.15, -0.1) is 0 Å².